The summed E-state index contributed by atoms with van der Waals surface area (Å²) in [4.78, 5) is 34.3. The van der Waals surface area contributed by atoms with Gasteiger partial charge in [-0.3, -0.25) is 0 Å². The molecule has 3 aromatic carbocycles. The highest BCUT2D eigenvalue weighted by molar-refractivity contribution is 5.88. The van der Waals surface area contributed by atoms with Crippen LogP contribution in [0.5, 0.6) is 17.2 Å². The zero-order chi connectivity index (χ0) is 32.3. The van der Waals surface area contributed by atoms with E-state index in [0.29, 0.717) is 42.3 Å². The van der Waals surface area contributed by atoms with Crippen molar-refractivity contribution in [2.24, 2.45) is 0 Å². The van der Waals surface area contributed by atoms with Crippen LogP contribution in [0.2, 0.25) is 0 Å². The van der Waals surface area contributed by atoms with Crippen molar-refractivity contribution in [1.82, 2.24) is 0 Å². The van der Waals surface area contributed by atoms with Crippen LogP contribution in [-0.2, 0) is 23.9 Å². The quantitative estimate of drug-likeness (QED) is 0.0600. The lowest BCUT2D eigenvalue weighted by Gasteiger charge is -2.09. The first-order valence-corrected chi connectivity index (χ1v) is 14.6. The van der Waals surface area contributed by atoms with E-state index in [4.69, 9.17) is 23.7 Å². The van der Waals surface area contributed by atoms with Gasteiger partial charge in [-0.25, -0.2) is 18.8 Å². The summed E-state index contributed by atoms with van der Waals surface area (Å²) in [5.41, 5.74) is 1.79. The van der Waals surface area contributed by atoms with E-state index in [-0.39, 0.29) is 13.2 Å². The van der Waals surface area contributed by atoms with Crippen molar-refractivity contribution in [2.45, 2.75) is 32.1 Å². The van der Waals surface area contributed by atoms with Crippen LogP contribution < -0.4 is 14.2 Å². The highest BCUT2D eigenvalue weighted by Gasteiger charge is 2.09. The number of ether oxygens (including phenoxy) is 5. The Balaban J connectivity index is 1.38. The van der Waals surface area contributed by atoms with Crippen LogP contribution in [0, 0.1) is 5.82 Å². The highest BCUT2D eigenvalue weighted by Crippen LogP contribution is 2.28. The molecule has 0 aliphatic rings. The van der Waals surface area contributed by atoms with Crippen LogP contribution in [0.4, 0.5) is 4.39 Å². The topological polar surface area (TPSA) is 97.4 Å². The molecule has 0 bridgehead atoms. The molecule has 8 nitrogen and oxygen atoms in total. The molecule has 0 fully saturated rings. The lowest BCUT2D eigenvalue weighted by Crippen LogP contribution is -2.06. The molecule has 0 aliphatic carbocycles. The number of carbonyl (C=O) groups excluding carboxylic acids is 3. The van der Waals surface area contributed by atoms with Gasteiger partial charge in [0, 0.05) is 36.3 Å². The van der Waals surface area contributed by atoms with E-state index < -0.39 is 23.7 Å². The Morgan fingerprint density at radius 1 is 0.622 bits per heavy atom. The van der Waals surface area contributed by atoms with E-state index in [1.165, 1.54) is 12.1 Å². The average Bonchev–Trinajstić information content (AvgIpc) is 3.05. The van der Waals surface area contributed by atoms with Gasteiger partial charge in [0.2, 0.25) is 0 Å². The Hall–Kier alpha value is -5.18. The van der Waals surface area contributed by atoms with Gasteiger partial charge in [-0.2, -0.15) is 0 Å². The second kappa shape index (κ2) is 19.2. The second-order valence-electron chi connectivity index (χ2n) is 9.70. The number of carbonyl (C=O) groups is 3. The molecule has 236 valence electrons. The van der Waals surface area contributed by atoms with Gasteiger partial charge >= 0.3 is 17.9 Å². The standard InChI is InChI=1S/C36H37FO8/c1-3-34(38)43-23-8-6-5-7-22-41-29-15-10-27(11-16-29)12-21-36(40)45-30-17-13-28(14-18-30)32-20-19-31(26-33(32)37)42-24-9-25-44-35(39)4-2/h3-4,10-21,26H,1-2,5-9,22-25H2/b21-12+. The van der Waals surface area contributed by atoms with Crippen molar-refractivity contribution in [3.8, 4) is 28.4 Å². The van der Waals surface area contributed by atoms with Crippen LogP contribution in [0.25, 0.3) is 17.2 Å². The fraction of sp³-hybridized carbons (Fsp3) is 0.250. The zero-order valence-electron chi connectivity index (χ0n) is 25.1. The summed E-state index contributed by atoms with van der Waals surface area (Å²) in [6, 6.07) is 18.4. The first kappa shape index (κ1) is 34.3. The molecule has 0 heterocycles. The Morgan fingerprint density at radius 2 is 1.18 bits per heavy atom. The number of hydrogen-bond acceptors (Lipinski definition) is 8. The lowest BCUT2D eigenvalue weighted by molar-refractivity contribution is -0.138. The highest BCUT2D eigenvalue weighted by atomic mass is 19.1. The summed E-state index contributed by atoms with van der Waals surface area (Å²) in [6.45, 7) is 8.11. The summed E-state index contributed by atoms with van der Waals surface area (Å²) in [5, 5.41) is 0. The molecule has 0 spiro atoms. The third-order valence-corrected chi connectivity index (χ3v) is 6.30. The second-order valence-corrected chi connectivity index (χ2v) is 9.70. The Bertz CT molecular complexity index is 1440. The van der Waals surface area contributed by atoms with Crippen LogP contribution in [0.3, 0.4) is 0 Å². The van der Waals surface area contributed by atoms with Gasteiger partial charge in [-0.15, -0.1) is 0 Å². The maximum absolute atomic E-state index is 14.7. The monoisotopic (exact) mass is 616 g/mol. The molecule has 0 atom stereocenters. The first-order valence-electron chi connectivity index (χ1n) is 14.6. The van der Waals surface area contributed by atoms with Gasteiger partial charge in [0.25, 0.3) is 0 Å². The zero-order valence-corrected chi connectivity index (χ0v) is 25.1. The molecule has 0 saturated carbocycles. The summed E-state index contributed by atoms with van der Waals surface area (Å²) < 4.78 is 41.2. The molecule has 0 saturated heterocycles. The molecule has 3 aromatic rings. The minimum Gasteiger partial charge on any atom is -0.494 e. The lowest BCUT2D eigenvalue weighted by atomic mass is 10.0. The van der Waals surface area contributed by atoms with E-state index in [2.05, 4.69) is 13.2 Å². The molecule has 0 aliphatic heterocycles. The fourth-order valence-corrected chi connectivity index (χ4v) is 3.97. The predicted octanol–water partition coefficient (Wildman–Crippen LogP) is 7.28. The molecule has 0 unspecified atom stereocenters. The normalized spacial score (nSPS) is 10.6. The summed E-state index contributed by atoms with van der Waals surface area (Å²) in [7, 11) is 0. The van der Waals surface area contributed by atoms with E-state index >= 15 is 0 Å². The van der Waals surface area contributed by atoms with Crippen molar-refractivity contribution in [3.05, 3.63) is 109 Å². The third-order valence-electron chi connectivity index (χ3n) is 6.30. The number of halogens is 1. The van der Waals surface area contributed by atoms with Gasteiger partial charge < -0.3 is 23.7 Å². The van der Waals surface area contributed by atoms with Crippen molar-refractivity contribution < 1.29 is 42.5 Å². The SMILES string of the molecule is C=CC(=O)OCCCCCCOc1ccc(/C=C/C(=O)Oc2ccc(-c3ccc(OCCCOC(=O)C=C)cc3F)cc2)cc1. The van der Waals surface area contributed by atoms with Gasteiger partial charge in [0.05, 0.1) is 26.4 Å². The Labute approximate surface area is 262 Å². The van der Waals surface area contributed by atoms with Crippen LogP contribution in [0.1, 0.15) is 37.7 Å². The van der Waals surface area contributed by atoms with Crippen molar-refractivity contribution in [1.29, 1.82) is 0 Å². The van der Waals surface area contributed by atoms with Crippen LogP contribution in [-0.4, -0.2) is 44.3 Å². The first-order chi connectivity index (χ1) is 21.9. The molecule has 0 N–H and O–H groups in total. The Kier molecular flexibility index (Phi) is 14.6. The molecule has 9 heteroatoms. The van der Waals surface area contributed by atoms with E-state index in [1.54, 1.807) is 42.5 Å². The van der Waals surface area contributed by atoms with Crippen LogP contribution in [0.15, 0.2) is 98.1 Å². The number of unbranched alkanes of at least 4 members (excludes halogenated alkanes) is 3. The largest absolute Gasteiger partial charge is 0.494 e. The average molecular weight is 617 g/mol. The molecule has 0 amide bonds. The Morgan fingerprint density at radius 3 is 1.82 bits per heavy atom. The number of hydrogen-bond donors (Lipinski definition) is 0. The molecule has 45 heavy (non-hydrogen) atoms. The molecule has 0 aromatic heterocycles. The minimum atomic E-state index is -0.547. The van der Waals surface area contributed by atoms with E-state index in [9.17, 15) is 18.8 Å². The maximum Gasteiger partial charge on any atom is 0.336 e. The molecular weight excluding hydrogens is 579 g/mol. The summed E-state index contributed by atoms with van der Waals surface area (Å²) >= 11 is 0. The van der Waals surface area contributed by atoms with Crippen LogP contribution >= 0.6 is 0 Å². The predicted molar refractivity (Wildman–Crippen MR) is 169 cm³/mol. The maximum atomic E-state index is 14.7. The van der Waals surface area contributed by atoms with Crippen molar-refractivity contribution >= 4 is 24.0 Å². The van der Waals surface area contributed by atoms with Gasteiger partial charge in [0.15, 0.2) is 0 Å². The van der Waals surface area contributed by atoms with Crippen molar-refractivity contribution in [3.63, 3.8) is 0 Å². The van der Waals surface area contributed by atoms with E-state index in [0.717, 1.165) is 49.1 Å². The molecular formula is C36H37FO8. The summed E-state index contributed by atoms with van der Waals surface area (Å²) in [5.74, 6) is -0.488. The number of benzene rings is 3. The molecule has 0 radical (unpaired) electrons. The number of esters is 3. The molecule has 3 rings (SSSR count). The van der Waals surface area contributed by atoms with Gasteiger partial charge in [-0.1, -0.05) is 37.4 Å². The smallest absolute Gasteiger partial charge is 0.336 e. The van der Waals surface area contributed by atoms with Gasteiger partial charge in [0.1, 0.15) is 23.1 Å². The van der Waals surface area contributed by atoms with Crippen molar-refractivity contribution in [2.75, 3.05) is 26.4 Å². The van der Waals surface area contributed by atoms with E-state index in [1.807, 2.05) is 24.3 Å². The minimum absolute atomic E-state index is 0.184. The third kappa shape index (κ3) is 12.9. The fourth-order valence-electron chi connectivity index (χ4n) is 3.97. The number of rotatable bonds is 19. The van der Waals surface area contributed by atoms with Gasteiger partial charge in [-0.05, 0) is 79.3 Å². The summed E-state index contributed by atoms with van der Waals surface area (Å²) in [6.07, 6.45) is 9.29.